The van der Waals surface area contributed by atoms with Gasteiger partial charge in [-0.25, -0.2) is 0 Å². The minimum atomic E-state index is -0.0271. The first kappa shape index (κ1) is 46.6. The van der Waals surface area contributed by atoms with Crippen molar-refractivity contribution in [3.8, 4) is 249 Å². The summed E-state index contributed by atoms with van der Waals surface area (Å²) in [6.45, 7) is 3.20. The Morgan fingerprint density at radius 1 is 0.317 bits per heavy atom. The lowest BCUT2D eigenvalue weighted by atomic mass is 10.0. The van der Waals surface area contributed by atoms with Gasteiger partial charge in [-0.2, -0.15) is 0 Å². The van der Waals surface area contributed by atoms with Gasteiger partial charge in [-0.1, -0.05) is 60.5 Å². The number of hydrogen-bond acceptors (Lipinski definition) is 2. The van der Waals surface area contributed by atoms with Crippen LogP contribution >= 0.6 is 0 Å². The second kappa shape index (κ2) is 35.9. The van der Waals surface area contributed by atoms with E-state index in [1.165, 1.54) is 6.92 Å². The molecule has 0 radical (unpaired) electrons. The van der Waals surface area contributed by atoms with Gasteiger partial charge in [-0.05, 0) is 109 Å². The summed E-state index contributed by atoms with van der Waals surface area (Å²) in [5.41, 5.74) is 1.87. The van der Waals surface area contributed by atoms with Crippen LogP contribution in [0.2, 0.25) is 0 Å². The van der Waals surface area contributed by atoms with Crippen LogP contribution in [0.4, 0.5) is 0 Å². The van der Waals surface area contributed by atoms with Crippen LogP contribution in [0, 0.1) is 249 Å². The summed E-state index contributed by atoms with van der Waals surface area (Å²) in [5, 5.41) is 0. The molecular formula is C58H16O2. The Morgan fingerprint density at radius 3 is 0.767 bits per heavy atom. The Hall–Kier alpha value is -11.5. The van der Waals surface area contributed by atoms with Crippen molar-refractivity contribution in [3.05, 3.63) is 71.3 Å². The predicted octanol–water partition coefficient (Wildman–Crippen LogP) is 3.83. The minimum absolute atomic E-state index is 0.00344. The molecule has 60 heavy (non-hydrogen) atoms. The van der Waals surface area contributed by atoms with Crippen molar-refractivity contribution in [1.82, 2.24) is 0 Å². The maximum absolute atomic E-state index is 12.0. The van der Waals surface area contributed by atoms with Gasteiger partial charge in [0.1, 0.15) is 0 Å². The molecule has 2 rings (SSSR count). The van der Waals surface area contributed by atoms with Crippen molar-refractivity contribution in [2.45, 2.75) is 13.8 Å². The number of benzene rings is 2. The summed E-state index contributed by atoms with van der Waals surface area (Å²) in [6.07, 6.45) is 4.93. The Bertz CT molecular complexity index is 3420. The van der Waals surface area contributed by atoms with E-state index in [0.29, 0.717) is 16.7 Å². The van der Waals surface area contributed by atoms with Crippen molar-refractivity contribution in [1.29, 1.82) is 0 Å². The molecule has 0 bridgehead atoms. The molecule has 2 aromatic rings. The lowest BCUT2D eigenvalue weighted by molar-refractivity contribution is 0.101. The second-order valence-corrected chi connectivity index (χ2v) is 9.10. The fourth-order valence-electron chi connectivity index (χ4n) is 2.87. The number of carbonyl (C=O) groups excluding carboxylic acids is 2. The van der Waals surface area contributed by atoms with E-state index in [1.807, 2.05) is 18.2 Å². The molecule has 0 amide bonds. The molecule has 2 nitrogen and oxygen atoms in total. The van der Waals surface area contributed by atoms with Crippen LogP contribution in [0.1, 0.15) is 40.1 Å². The van der Waals surface area contributed by atoms with E-state index < -0.39 is 0 Å². The predicted molar refractivity (Wildman–Crippen MR) is 236 cm³/mol. The third-order valence-corrected chi connectivity index (χ3v) is 5.16. The number of terminal acetylenes is 1. The molecule has 0 aliphatic carbocycles. The largest absolute Gasteiger partial charge is 0.295 e. The smallest absolute Gasteiger partial charge is 0.193 e. The van der Waals surface area contributed by atoms with Gasteiger partial charge in [0.15, 0.2) is 11.6 Å². The lowest BCUT2D eigenvalue weighted by Gasteiger charge is -2.01. The normalized spacial score (nSPS) is 5.62. The Kier molecular flexibility index (Phi) is 27.9. The van der Waals surface area contributed by atoms with Crippen molar-refractivity contribution >= 4 is 11.6 Å². The molecule has 0 saturated heterocycles. The quantitative estimate of drug-likeness (QED) is 0.354. The molecule has 0 aromatic heterocycles. The van der Waals surface area contributed by atoms with E-state index in [4.69, 9.17) is 6.42 Å². The highest BCUT2D eigenvalue weighted by molar-refractivity contribution is 6.09. The van der Waals surface area contributed by atoms with Gasteiger partial charge in [0.25, 0.3) is 0 Å². The first-order valence-corrected chi connectivity index (χ1v) is 16.2. The van der Waals surface area contributed by atoms with E-state index in [2.05, 4.69) is 243 Å². The maximum Gasteiger partial charge on any atom is 0.193 e. The van der Waals surface area contributed by atoms with Crippen LogP contribution < -0.4 is 0 Å². The zero-order valence-corrected chi connectivity index (χ0v) is 31.6. The van der Waals surface area contributed by atoms with Gasteiger partial charge in [0, 0.05) is 159 Å². The topological polar surface area (TPSA) is 34.1 Å². The average Bonchev–Trinajstić information content (AvgIpc) is 3.27. The van der Waals surface area contributed by atoms with Crippen LogP contribution in [0.25, 0.3) is 0 Å². The van der Waals surface area contributed by atoms with Crippen LogP contribution in [0.15, 0.2) is 54.6 Å². The Balaban J connectivity index is 0.000000867. The van der Waals surface area contributed by atoms with Crippen molar-refractivity contribution in [3.63, 3.8) is 0 Å². The monoisotopic (exact) mass is 744 g/mol. The molecule has 2 aromatic carbocycles. The third-order valence-electron chi connectivity index (χ3n) is 5.16. The average molecular weight is 745 g/mol. The molecule has 0 aliphatic heterocycles. The molecule has 0 aliphatic rings. The summed E-state index contributed by atoms with van der Waals surface area (Å²) < 4.78 is 0. The van der Waals surface area contributed by atoms with E-state index >= 15 is 0 Å². The van der Waals surface area contributed by atoms with Gasteiger partial charge in [0.05, 0.1) is 0 Å². The number of rotatable bonds is 3. The molecule has 0 N–H and O–H groups in total. The highest BCUT2D eigenvalue weighted by Gasteiger charge is 2.08. The fourth-order valence-corrected chi connectivity index (χ4v) is 2.87. The highest BCUT2D eigenvalue weighted by atomic mass is 16.1. The van der Waals surface area contributed by atoms with Gasteiger partial charge in [-0.3, -0.25) is 9.59 Å². The molecule has 0 spiro atoms. The minimum Gasteiger partial charge on any atom is -0.295 e. The van der Waals surface area contributed by atoms with Crippen LogP contribution in [-0.2, 0) is 0 Å². The van der Waals surface area contributed by atoms with E-state index in [9.17, 15) is 9.59 Å². The van der Waals surface area contributed by atoms with E-state index in [-0.39, 0.29) is 11.6 Å². The van der Waals surface area contributed by atoms with Gasteiger partial charge in [0.2, 0.25) is 0 Å². The fraction of sp³-hybridized carbons (Fsp3) is 0.0345. The first-order chi connectivity index (χ1) is 29.6. The molecule has 0 saturated carbocycles. The maximum atomic E-state index is 12.0. The summed E-state index contributed by atoms with van der Waals surface area (Å²) in [4.78, 5) is 23.2. The summed E-state index contributed by atoms with van der Waals surface area (Å²) in [5.74, 6) is 102. The van der Waals surface area contributed by atoms with Crippen LogP contribution in [-0.4, -0.2) is 11.6 Å². The van der Waals surface area contributed by atoms with Gasteiger partial charge in [-0.15, -0.1) is 6.42 Å². The lowest BCUT2D eigenvalue weighted by Crippen LogP contribution is -2.01. The first-order valence-electron chi connectivity index (χ1n) is 16.2. The standard InChI is InChI=1S/C43H4.C15H12O2/c1-3-5-7-9-11-13-15-17-19-21-23-25-27-29-31-33-35-37-39-41-43-42-40-38-36-34-32-30-28-26-24-22-20-18-16-14-12-10-8-6-4-2;1-11(16)12-7-9-14(10-8-12)15(17)13-5-3-2-4-6-13/h1H,2H3;2-10H,1H3. The number of Topliss-reactive ketones (excluding diaryl/α,β-unsaturated/α-hetero) is 1. The van der Waals surface area contributed by atoms with Crippen molar-refractivity contribution in [2.75, 3.05) is 0 Å². The van der Waals surface area contributed by atoms with Crippen LogP contribution in [0.5, 0.6) is 0 Å². The molecule has 0 fully saturated rings. The molecule has 260 valence electrons. The Labute approximate surface area is 354 Å². The summed E-state index contributed by atoms with van der Waals surface area (Å²) in [6, 6.07) is 15.8. The van der Waals surface area contributed by atoms with E-state index in [1.54, 1.807) is 43.3 Å². The highest BCUT2D eigenvalue weighted by Crippen LogP contribution is 2.11. The van der Waals surface area contributed by atoms with Crippen LogP contribution in [0.3, 0.4) is 0 Å². The summed E-state index contributed by atoms with van der Waals surface area (Å²) in [7, 11) is 0. The molecular weight excluding hydrogens is 729 g/mol. The molecule has 0 atom stereocenters. The second-order valence-electron chi connectivity index (χ2n) is 9.10. The van der Waals surface area contributed by atoms with E-state index in [0.717, 1.165) is 0 Å². The molecule has 2 heteroatoms. The number of hydrogen-bond donors (Lipinski definition) is 0. The SMILES string of the molecule is C#CC#CC#CC#CC#CC#CC#CC#CC#CC#CC#CC#CC#CC#CC#CC#CC#CC#CC#CC#CC#CC.CC(=O)c1ccc(C(=O)c2ccccc2)cc1. The van der Waals surface area contributed by atoms with Crippen molar-refractivity contribution < 1.29 is 9.59 Å². The number of carbonyl (C=O) groups is 2. The zero-order chi connectivity index (χ0) is 43.2. The van der Waals surface area contributed by atoms with Gasteiger partial charge >= 0.3 is 0 Å². The third kappa shape index (κ3) is 28.2. The molecule has 0 heterocycles. The molecule has 0 unspecified atom stereocenters. The van der Waals surface area contributed by atoms with Crippen molar-refractivity contribution in [2.24, 2.45) is 0 Å². The summed E-state index contributed by atoms with van der Waals surface area (Å²) >= 11 is 0. The van der Waals surface area contributed by atoms with Gasteiger partial charge < -0.3 is 0 Å². The zero-order valence-electron chi connectivity index (χ0n) is 31.6. The number of ketones is 2. The Morgan fingerprint density at radius 2 is 0.533 bits per heavy atom.